The molecule has 4 aromatic rings. The van der Waals surface area contributed by atoms with Crippen molar-refractivity contribution in [3.8, 4) is 28.6 Å². The molecule has 0 spiro atoms. The van der Waals surface area contributed by atoms with Crippen molar-refractivity contribution in [2.45, 2.75) is 24.3 Å². The number of amides is 1. The molecule has 10 heteroatoms. The van der Waals surface area contributed by atoms with E-state index in [9.17, 15) is 4.79 Å². The van der Waals surface area contributed by atoms with Crippen molar-refractivity contribution in [2.24, 2.45) is 0 Å². The highest BCUT2D eigenvalue weighted by Crippen LogP contribution is 2.37. The predicted octanol–water partition coefficient (Wildman–Crippen LogP) is 4.08. The molecular formula is C22H19N5O4S. The molecule has 0 unspecified atom stereocenters. The van der Waals surface area contributed by atoms with Gasteiger partial charge in [-0.1, -0.05) is 35.1 Å². The number of aryl methyl sites for hydroxylation is 1. The first-order chi connectivity index (χ1) is 15.6. The summed E-state index contributed by atoms with van der Waals surface area (Å²) in [5, 5.41) is 15.5. The molecule has 1 amide bonds. The van der Waals surface area contributed by atoms with E-state index in [1.165, 1.54) is 11.8 Å². The van der Waals surface area contributed by atoms with E-state index < -0.39 is 5.25 Å². The number of anilines is 1. The number of hydrogen-bond acceptors (Lipinski definition) is 8. The molecule has 1 aliphatic heterocycles. The summed E-state index contributed by atoms with van der Waals surface area (Å²) in [5.74, 6) is 2.79. The van der Waals surface area contributed by atoms with Crippen LogP contribution in [0.2, 0.25) is 0 Å². The van der Waals surface area contributed by atoms with Gasteiger partial charge in [-0.15, -0.1) is 10.2 Å². The highest BCUT2D eigenvalue weighted by Gasteiger charge is 2.24. The van der Waals surface area contributed by atoms with Gasteiger partial charge in [0.2, 0.25) is 12.7 Å². The molecule has 2 aromatic heterocycles. The first-order valence-electron chi connectivity index (χ1n) is 9.90. The Labute approximate surface area is 187 Å². The Bertz CT molecular complexity index is 1270. The van der Waals surface area contributed by atoms with Gasteiger partial charge in [0.1, 0.15) is 5.76 Å². The van der Waals surface area contributed by atoms with Gasteiger partial charge in [0, 0.05) is 17.3 Å². The molecule has 0 fully saturated rings. The van der Waals surface area contributed by atoms with Gasteiger partial charge in [-0.05, 0) is 44.2 Å². The van der Waals surface area contributed by atoms with Gasteiger partial charge in [-0.2, -0.15) is 0 Å². The Balaban J connectivity index is 1.46. The fourth-order valence-electron chi connectivity index (χ4n) is 3.24. The summed E-state index contributed by atoms with van der Waals surface area (Å²) in [6.07, 6.45) is 0. The zero-order chi connectivity index (χ0) is 22.1. The minimum Gasteiger partial charge on any atom is -0.454 e. The van der Waals surface area contributed by atoms with Crippen LogP contribution in [0.1, 0.15) is 12.7 Å². The summed E-state index contributed by atoms with van der Waals surface area (Å²) in [5.41, 5.74) is 1.71. The maximum atomic E-state index is 12.7. The lowest BCUT2D eigenvalue weighted by Gasteiger charge is -2.13. The minimum atomic E-state index is -0.455. The van der Waals surface area contributed by atoms with Gasteiger partial charge >= 0.3 is 0 Å². The molecule has 9 nitrogen and oxygen atoms in total. The lowest BCUT2D eigenvalue weighted by molar-refractivity contribution is -0.115. The summed E-state index contributed by atoms with van der Waals surface area (Å²) < 4.78 is 17.9. The van der Waals surface area contributed by atoms with Gasteiger partial charge in [-0.25, -0.2) is 0 Å². The number of carbonyl (C=O) groups excluding carboxylic acids is 1. The number of fused-ring (bicyclic) bond motifs is 1. The van der Waals surface area contributed by atoms with Crippen LogP contribution in [-0.2, 0) is 4.79 Å². The van der Waals surface area contributed by atoms with E-state index in [0.717, 1.165) is 11.3 Å². The third-order valence-electron chi connectivity index (χ3n) is 4.81. The second kappa shape index (κ2) is 8.39. The highest BCUT2D eigenvalue weighted by atomic mass is 32.2. The molecule has 162 valence electrons. The maximum absolute atomic E-state index is 12.7. The first-order valence-corrected chi connectivity index (χ1v) is 10.8. The summed E-state index contributed by atoms with van der Waals surface area (Å²) in [4.78, 5) is 12.7. The summed E-state index contributed by atoms with van der Waals surface area (Å²) in [6.45, 7) is 3.76. The van der Waals surface area contributed by atoms with Gasteiger partial charge in [-0.3, -0.25) is 9.36 Å². The van der Waals surface area contributed by atoms with Gasteiger partial charge in [0.05, 0.1) is 5.25 Å². The molecule has 5 rings (SSSR count). The van der Waals surface area contributed by atoms with Crippen molar-refractivity contribution in [3.05, 3.63) is 60.4 Å². The number of thioether (sulfide) groups is 1. The quantitative estimate of drug-likeness (QED) is 0.439. The summed E-state index contributed by atoms with van der Waals surface area (Å²) in [7, 11) is 0. The van der Waals surface area contributed by atoms with Gasteiger partial charge in [0.15, 0.2) is 28.3 Å². The molecule has 3 heterocycles. The summed E-state index contributed by atoms with van der Waals surface area (Å²) >= 11 is 1.30. The fourth-order valence-corrected chi connectivity index (χ4v) is 4.11. The SMILES string of the molecule is Cc1cc(NC(=O)[C@H](C)Sc2nnc(-c3ccc4c(c3)OCO4)n2-c2ccccc2)no1. The smallest absolute Gasteiger partial charge is 0.238 e. The molecule has 1 aliphatic rings. The number of nitrogens with zero attached hydrogens (tertiary/aromatic N) is 4. The molecule has 32 heavy (non-hydrogen) atoms. The van der Waals surface area contributed by atoms with Crippen LogP contribution in [0.15, 0.2) is 64.3 Å². The number of aromatic nitrogens is 4. The van der Waals surface area contributed by atoms with Crippen LogP contribution in [0.25, 0.3) is 17.1 Å². The normalized spacial score (nSPS) is 13.2. The van der Waals surface area contributed by atoms with E-state index in [-0.39, 0.29) is 12.7 Å². The van der Waals surface area contributed by atoms with Crippen LogP contribution in [0, 0.1) is 6.92 Å². The molecule has 0 saturated heterocycles. The van der Waals surface area contributed by atoms with E-state index in [0.29, 0.717) is 34.1 Å². The zero-order valence-electron chi connectivity index (χ0n) is 17.3. The molecular weight excluding hydrogens is 430 g/mol. The monoisotopic (exact) mass is 449 g/mol. The van der Waals surface area contributed by atoms with Gasteiger partial charge in [0.25, 0.3) is 0 Å². The zero-order valence-corrected chi connectivity index (χ0v) is 18.1. The average Bonchev–Trinajstić information content (AvgIpc) is 3.53. The van der Waals surface area contributed by atoms with E-state index >= 15 is 0 Å². The van der Waals surface area contributed by atoms with Crippen LogP contribution in [0.4, 0.5) is 5.82 Å². The van der Waals surface area contributed by atoms with Gasteiger partial charge < -0.3 is 19.3 Å². The van der Waals surface area contributed by atoms with Crippen molar-refractivity contribution < 1.29 is 18.8 Å². The number of rotatable bonds is 6. The number of para-hydroxylation sites is 1. The average molecular weight is 449 g/mol. The second-order valence-corrected chi connectivity index (χ2v) is 8.43. The van der Waals surface area contributed by atoms with Crippen LogP contribution in [0.3, 0.4) is 0 Å². The molecule has 0 saturated carbocycles. The Morgan fingerprint density at radius 1 is 1.09 bits per heavy atom. The van der Waals surface area contributed by atoms with E-state index in [1.807, 2.05) is 53.1 Å². The van der Waals surface area contributed by atoms with Crippen molar-refractivity contribution in [1.82, 2.24) is 19.9 Å². The van der Waals surface area contributed by atoms with Crippen molar-refractivity contribution in [3.63, 3.8) is 0 Å². The Morgan fingerprint density at radius 2 is 1.91 bits per heavy atom. The van der Waals surface area contributed by atoms with E-state index in [2.05, 4.69) is 20.7 Å². The molecule has 0 bridgehead atoms. The lowest BCUT2D eigenvalue weighted by Crippen LogP contribution is -2.23. The van der Waals surface area contributed by atoms with Crippen LogP contribution in [0.5, 0.6) is 11.5 Å². The van der Waals surface area contributed by atoms with E-state index in [1.54, 1.807) is 19.9 Å². The number of carbonyl (C=O) groups is 1. The summed E-state index contributed by atoms with van der Waals surface area (Å²) in [6, 6.07) is 17.1. The Morgan fingerprint density at radius 3 is 2.69 bits per heavy atom. The fraction of sp³-hybridized carbons (Fsp3) is 0.182. The number of hydrogen-bond donors (Lipinski definition) is 1. The third-order valence-corrected chi connectivity index (χ3v) is 5.85. The van der Waals surface area contributed by atoms with Crippen molar-refractivity contribution >= 4 is 23.5 Å². The second-order valence-electron chi connectivity index (χ2n) is 7.12. The highest BCUT2D eigenvalue weighted by molar-refractivity contribution is 8.00. The number of ether oxygens (including phenoxy) is 2. The van der Waals surface area contributed by atoms with Crippen molar-refractivity contribution in [1.29, 1.82) is 0 Å². The lowest BCUT2D eigenvalue weighted by atomic mass is 10.2. The number of nitrogens with one attached hydrogen (secondary N) is 1. The Hall–Kier alpha value is -3.79. The number of benzene rings is 2. The topological polar surface area (TPSA) is 104 Å². The molecule has 1 N–H and O–H groups in total. The van der Waals surface area contributed by atoms with Crippen LogP contribution < -0.4 is 14.8 Å². The molecule has 2 aromatic carbocycles. The minimum absolute atomic E-state index is 0.197. The molecule has 0 aliphatic carbocycles. The van der Waals surface area contributed by atoms with Crippen molar-refractivity contribution in [2.75, 3.05) is 12.1 Å². The van der Waals surface area contributed by atoms with Crippen LogP contribution >= 0.6 is 11.8 Å². The van der Waals surface area contributed by atoms with Crippen LogP contribution in [-0.4, -0.2) is 37.9 Å². The van der Waals surface area contributed by atoms with E-state index in [4.69, 9.17) is 14.0 Å². The third kappa shape index (κ3) is 3.92. The first kappa shape index (κ1) is 20.1. The largest absolute Gasteiger partial charge is 0.454 e. The molecule has 0 radical (unpaired) electrons. The maximum Gasteiger partial charge on any atom is 0.238 e. The molecule has 1 atom stereocenters. The predicted molar refractivity (Wildman–Crippen MR) is 118 cm³/mol. The Kier molecular flexibility index (Phi) is 5.28. The standard InChI is InChI=1S/C22H19N5O4S/c1-13-10-19(26-31-13)23-21(28)14(2)32-22-25-24-20(27(22)16-6-4-3-5-7-16)15-8-9-17-18(11-15)30-12-29-17/h3-11,14H,12H2,1-2H3,(H,23,26,28)/t14-/m0/s1.